The van der Waals surface area contributed by atoms with Gasteiger partial charge < -0.3 is 43.8 Å². The molecule has 0 bridgehead atoms. The molecule has 4 nitrogen and oxygen atoms in total. The number of para-hydroxylation sites is 2. The molecule has 4 aromatic rings. The van der Waals surface area contributed by atoms with Crippen LogP contribution in [0.25, 0.3) is 0 Å². The lowest BCUT2D eigenvalue weighted by atomic mass is 10.2. The van der Waals surface area contributed by atoms with E-state index < -0.39 is 0 Å². The van der Waals surface area contributed by atoms with Crippen molar-refractivity contribution in [3.63, 3.8) is 0 Å². The Kier molecular flexibility index (Phi) is 9.47. The molecular weight excluding hydrogens is 564 g/mol. The van der Waals surface area contributed by atoms with Gasteiger partial charge in [0.05, 0.1) is 11.4 Å². The topological polar surface area (TPSA) is 14.2 Å². The number of rotatable bonds is 8. The molecule has 0 radical (unpaired) electrons. The van der Waals surface area contributed by atoms with Crippen LogP contribution in [0.4, 0.5) is 22.7 Å². The molecule has 0 N–H and O–H groups in total. The number of benzene rings is 2. The molecule has 6 heteroatoms. The van der Waals surface area contributed by atoms with Gasteiger partial charge in [-0.25, -0.2) is 9.13 Å². The first kappa shape index (κ1) is 26.9. The molecule has 2 atom stereocenters. The fourth-order valence-corrected chi connectivity index (χ4v) is 4.49. The van der Waals surface area contributed by atoms with Gasteiger partial charge in [0.2, 0.25) is 0 Å². The van der Waals surface area contributed by atoms with E-state index in [0.29, 0.717) is 0 Å². The second-order valence-corrected chi connectivity index (χ2v) is 9.05. The highest BCUT2D eigenvalue weighted by Crippen LogP contribution is 2.39. The van der Waals surface area contributed by atoms with Crippen LogP contribution in [-0.2, 0) is 13.1 Å². The first-order chi connectivity index (χ1) is 16.2. The number of hydrogen-bond acceptors (Lipinski definition) is 2. The second-order valence-electron chi connectivity index (χ2n) is 9.05. The zero-order chi connectivity index (χ0) is 22.6. The van der Waals surface area contributed by atoms with Crippen LogP contribution in [0, 0.1) is 11.8 Å². The highest BCUT2D eigenvalue weighted by Gasteiger charge is 2.42. The zero-order valence-electron chi connectivity index (χ0n) is 20.2. The maximum atomic E-state index is 2.33. The number of nitrogens with zero attached hydrogens (tertiary/aromatic N) is 4. The van der Waals surface area contributed by atoms with E-state index in [9.17, 15) is 0 Å². The molecule has 0 amide bonds. The summed E-state index contributed by atoms with van der Waals surface area (Å²) in [7, 11) is 4.23. The fraction of sp³-hybridized carbons (Fsp3) is 0.241. The molecule has 0 unspecified atom stereocenters. The van der Waals surface area contributed by atoms with Crippen LogP contribution in [0.3, 0.4) is 0 Å². The number of halogens is 2. The van der Waals surface area contributed by atoms with Gasteiger partial charge in [-0.3, -0.25) is 0 Å². The second kappa shape index (κ2) is 12.3. The monoisotopic (exact) mass is 594 g/mol. The normalized spacial score (nSPS) is 15.9. The number of aromatic nitrogens is 2. The van der Waals surface area contributed by atoms with Gasteiger partial charge in [0.1, 0.15) is 0 Å². The largest absolute Gasteiger partial charge is 1.00 e. The molecular formula is C29H32Br2N4. The van der Waals surface area contributed by atoms with Crippen molar-refractivity contribution in [1.29, 1.82) is 0 Å². The van der Waals surface area contributed by atoms with Crippen molar-refractivity contribution in [1.82, 2.24) is 0 Å². The van der Waals surface area contributed by atoms with Gasteiger partial charge in [-0.05, 0) is 30.7 Å². The maximum absolute atomic E-state index is 2.33. The quantitative estimate of drug-likeness (QED) is 0.246. The fourth-order valence-electron chi connectivity index (χ4n) is 4.49. The van der Waals surface area contributed by atoms with Crippen molar-refractivity contribution >= 4 is 22.7 Å². The summed E-state index contributed by atoms with van der Waals surface area (Å²) >= 11 is 0. The Labute approximate surface area is 230 Å². The smallest absolute Gasteiger partial charge is 0.170 e. The standard InChI is InChI=1S/C29H32N4.2BrH/c1-30(26-9-5-3-6-10-26)28-13-17-32(18-14-28)22-24-21-25(24)23-33-19-15-29(16-20-33)31(2)27-11-7-4-8-12-27;;/h3-20,24-25H,21-23H2,1-2H3;2*1H/q+2;;/p-2/t24-,25-;;/m1../s1. The van der Waals surface area contributed by atoms with Crippen LogP contribution in [-0.4, -0.2) is 14.1 Å². The third kappa shape index (κ3) is 6.71. The van der Waals surface area contributed by atoms with E-state index in [1.54, 1.807) is 0 Å². The van der Waals surface area contributed by atoms with Crippen molar-refractivity contribution in [3.05, 3.63) is 110 Å². The van der Waals surface area contributed by atoms with E-state index in [4.69, 9.17) is 0 Å². The van der Waals surface area contributed by atoms with Crippen molar-refractivity contribution < 1.29 is 43.1 Å². The van der Waals surface area contributed by atoms with E-state index >= 15 is 0 Å². The molecule has 1 saturated carbocycles. The first-order valence-corrected chi connectivity index (χ1v) is 11.7. The van der Waals surface area contributed by atoms with Gasteiger partial charge >= 0.3 is 0 Å². The van der Waals surface area contributed by atoms with Crippen LogP contribution in [0.2, 0.25) is 0 Å². The van der Waals surface area contributed by atoms with Gasteiger partial charge in [-0.1, -0.05) is 36.4 Å². The predicted molar refractivity (Wildman–Crippen MR) is 134 cm³/mol. The number of anilines is 4. The SMILES string of the molecule is CN(c1ccccc1)c1cc[n+](C[C@H]2C[C@@H]2C[n+]2ccc(N(C)c3ccccc3)cc2)cc1.[Br-].[Br-]. The highest BCUT2D eigenvalue weighted by molar-refractivity contribution is 5.62. The molecule has 2 heterocycles. The minimum absolute atomic E-state index is 0. The molecule has 1 aliphatic rings. The average Bonchev–Trinajstić information content (AvgIpc) is 3.62. The molecule has 2 aromatic carbocycles. The summed E-state index contributed by atoms with van der Waals surface area (Å²) in [6, 6.07) is 29.8. The molecule has 35 heavy (non-hydrogen) atoms. The van der Waals surface area contributed by atoms with E-state index in [2.05, 4.69) is 143 Å². The Morgan fingerprint density at radius 1 is 0.543 bits per heavy atom. The molecule has 0 spiro atoms. The summed E-state index contributed by atoms with van der Waals surface area (Å²) in [5.74, 6) is 1.51. The lowest BCUT2D eigenvalue weighted by Gasteiger charge is -2.18. The lowest BCUT2D eigenvalue weighted by molar-refractivity contribution is -0.709. The Balaban J connectivity index is 0.00000171. The highest BCUT2D eigenvalue weighted by atomic mass is 79.9. The van der Waals surface area contributed by atoms with Gasteiger partial charge in [0.15, 0.2) is 37.9 Å². The third-order valence-electron chi connectivity index (χ3n) is 6.77. The van der Waals surface area contributed by atoms with Gasteiger partial charge in [0, 0.05) is 61.6 Å². The molecule has 1 aliphatic carbocycles. The molecule has 1 fully saturated rings. The predicted octanol–water partition coefficient (Wildman–Crippen LogP) is -0.858. The third-order valence-corrected chi connectivity index (χ3v) is 6.77. The molecule has 5 rings (SSSR count). The maximum Gasteiger partial charge on any atom is 0.170 e. The van der Waals surface area contributed by atoms with Crippen LogP contribution in [0.15, 0.2) is 110 Å². The van der Waals surface area contributed by atoms with E-state index in [1.807, 2.05) is 0 Å². The summed E-state index contributed by atoms with van der Waals surface area (Å²) in [5, 5.41) is 0. The lowest BCUT2D eigenvalue weighted by Crippen LogP contribution is -3.00. The van der Waals surface area contributed by atoms with E-state index in [1.165, 1.54) is 29.2 Å². The van der Waals surface area contributed by atoms with Crippen LogP contribution in [0.5, 0.6) is 0 Å². The van der Waals surface area contributed by atoms with E-state index in [0.717, 1.165) is 24.9 Å². The van der Waals surface area contributed by atoms with Gasteiger partial charge in [-0.2, -0.15) is 0 Å². The summed E-state index contributed by atoms with van der Waals surface area (Å²) in [6.45, 7) is 2.19. The van der Waals surface area contributed by atoms with Gasteiger partial charge in [-0.15, -0.1) is 0 Å². The summed E-state index contributed by atoms with van der Waals surface area (Å²) < 4.78 is 4.66. The van der Waals surface area contributed by atoms with Crippen molar-refractivity contribution in [3.8, 4) is 0 Å². The first-order valence-electron chi connectivity index (χ1n) is 11.7. The van der Waals surface area contributed by atoms with Crippen molar-refractivity contribution in [2.24, 2.45) is 11.8 Å². The summed E-state index contributed by atoms with van der Waals surface area (Å²) in [5.41, 5.74) is 4.83. The Bertz CT molecular complexity index is 1070. The summed E-state index contributed by atoms with van der Waals surface area (Å²) in [6.07, 6.45) is 10.2. The zero-order valence-corrected chi connectivity index (χ0v) is 23.4. The molecule has 0 aliphatic heterocycles. The molecule has 182 valence electrons. The molecule has 2 aromatic heterocycles. The number of hydrogen-bond donors (Lipinski definition) is 0. The minimum Gasteiger partial charge on any atom is -1.00 e. The van der Waals surface area contributed by atoms with Crippen molar-refractivity contribution in [2.75, 3.05) is 23.9 Å². The number of pyridine rings is 2. The summed E-state index contributed by atoms with van der Waals surface area (Å²) in [4.78, 5) is 4.44. The van der Waals surface area contributed by atoms with Crippen LogP contribution < -0.4 is 52.9 Å². The Morgan fingerprint density at radius 2 is 0.857 bits per heavy atom. The Morgan fingerprint density at radius 3 is 1.20 bits per heavy atom. The van der Waals surface area contributed by atoms with Crippen molar-refractivity contribution in [2.45, 2.75) is 19.5 Å². The average molecular weight is 596 g/mol. The Hall–Kier alpha value is -2.70. The molecule has 0 saturated heterocycles. The van der Waals surface area contributed by atoms with Gasteiger partial charge in [0.25, 0.3) is 0 Å². The van der Waals surface area contributed by atoms with Crippen LogP contribution >= 0.6 is 0 Å². The minimum atomic E-state index is 0. The van der Waals surface area contributed by atoms with E-state index in [-0.39, 0.29) is 34.0 Å². The van der Waals surface area contributed by atoms with Crippen LogP contribution in [0.1, 0.15) is 6.42 Å².